The first-order valence-corrected chi connectivity index (χ1v) is 7.64. The summed E-state index contributed by atoms with van der Waals surface area (Å²) in [6, 6.07) is 0. The highest BCUT2D eigenvalue weighted by atomic mass is 32.2. The Morgan fingerprint density at radius 2 is 2.12 bits per heavy atom. The fourth-order valence-corrected chi connectivity index (χ4v) is 3.20. The molecule has 0 radical (unpaired) electrons. The smallest absolute Gasteiger partial charge is 0.151 e. The number of hydrogen-bond acceptors (Lipinski definition) is 5. The van der Waals surface area contributed by atoms with Crippen LogP contribution < -0.4 is 5.73 Å². The molecule has 16 heavy (non-hydrogen) atoms. The van der Waals surface area contributed by atoms with Gasteiger partial charge in [0.1, 0.15) is 0 Å². The van der Waals surface area contributed by atoms with Crippen LogP contribution >= 0.6 is 0 Å². The van der Waals surface area contributed by atoms with E-state index >= 15 is 0 Å². The third kappa shape index (κ3) is 4.78. The summed E-state index contributed by atoms with van der Waals surface area (Å²) in [5, 5.41) is 0. The monoisotopic (exact) mass is 250 g/mol. The van der Waals surface area contributed by atoms with Crippen molar-refractivity contribution in [2.75, 3.05) is 44.3 Å². The molecule has 1 fully saturated rings. The van der Waals surface area contributed by atoms with Crippen LogP contribution in [0.2, 0.25) is 0 Å². The molecule has 2 N–H and O–H groups in total. The highest BCUT2D eigenvalue weighted by Gasteiger charge is 2.21. The van der Waals surface area contributed by atoms with Crippen molar-refractivity contribution in [3.63, 3.8) is 0 Å². The van der Waals surface area contributed by atoms with Gasteiger partial charge in [-0.2, -0.15) is 0 Å². The molecule has 1 aliphatic rings. The van der Waals surface area contributed by atoms with Crippen LogP contribution in [0.3, 0.4) is 0 Å². The minimum atomic E-state index is -2.82. The maximum absolute atomic E-state index is 11.4. The molecule has 0 spiro atoms. The van der Waals surface area contributed by atoms with E-state index in [9.17, 15) is 8.42 Å². The lowest BCUT2D eigenvalue weighted by atomic mass is 10.3. The minimum Gasteiger partial charge on any atom is -0.376 e. The summed E-state index contributed by atoms with van der Waals surface area (Å²) in [6.07, 6.45) is 0.733. The van der Waals surface area contributed by atoms with Crippen molar-refractivity contribution in [3.8, 4) is 0 Å². The molecule has 1 heterocycles. The van der Waals surface area contributed by atoms with Gasteiger partial charge >= 0.3 is 0 Å². The van der Waals surface area contributed by atoms with Crippen LogP contribution in [0.25, 0.3) is 0 Å². The summed E-state index contributed by atoms with van der Waals surface area (Å²) in [6.45, 7) is 5.23. The van der Waals surface area contributed by atoms with Gasteiger partial charge in [-0.3, -0.25) is 4.90 Å². The molecule has 0 aromatic heterocycles. The highest BCUT2D eigenvalue weighted by molar-refractivity contribution is 7.91. The number of rotatable bonds is 5. The van der Waals surface area contributed by atoms with Crippen LogP contribution in [-0.4, -0.2) is 63.7 Å². The maximum atomic E-state index is 11.4. The largest absolute Gasteiger partial charge is 0.376 e. The molecule has 1 aliphatic heterocycles. The molecule has 1 atom stereocenters. The van der Waals surface area contributed by atoms with Gasteiger partial charge in [0.15, 0.2) is 9.84 Å². The molecule has 0 aromatic carbocycles. The Balaban J connectivity index is 2.42. The SMILES string of the molecule is CCOC(CN)CN1CCCS(=O)(=O)CC1. The number of nitrogens with two attached hydrogens (primary N) is 1. The van der Waals surface area contributed by atoms with Gasteiger partial charge in [0.05, 0.1) is 17.6 Å². The number of nitrogens with zero attached hydrogens (tertiary/aromatic N) is 1. The number of sulfone groups is 1. The fraction of sp³-hybridized carbons (Fsp3) is 1.00. The van der Waals surface area contributed by atoms with Gasteiger partial charge in [-0.1, -0.05) is 0 Å². The quantitative estimate of drug-likeness (QED) is 0.710. The van der Waals surface area contributed by atoms with Crippen molar-refractivity contribution in [2.24, 2.45) is 5.73 Å². The third-order valence-corrected chi connectivity index (χ3v) is 4.49. The first-order valence-electron chi connectivity index (χ1n) is 5.82. The average molecular weight is 250 g/mol. The van der Waals surface area contributed by atoms with E-state index in [1.54, 1.807) is 0 Å². The zero-order valence-electron chi connectivity index (χ0n) is 9.89. The summed E-state index contributed by atoms with van der Waals surface area (Å²) in [7, 11) is -2.82. The third-order valence-electron chi connectivity index (χ3n) is 2.78. The molecule has 1 rings (SSSR count). The van der Waals surface area contributed by atoms with Crippen molar-refractivity contribution in [3.05, 3.63) is 0 Å². The molecule has 0 amide bonds. The summed E-state index contributed by atoms with van der Waals surface area (Å²) in [4.78, 5) is 2.14. The van der Waals surface area contributed by atoms with E-state index in [2.05, 4.69) is 4.90 Å². The van der Waals surface area contributed by atoms with Gasteiger partial charge < -0.3 is 10.5 Å². The van der Waals surface area contributed by atoms with Crippen molar-refractivity contribution in [2.45, 2.75) is 19.4 Å². The van der Waals surface area contributed by atoms with Gasteiger partial charge in [0.25, 0.3) is 0 Å². The van der Waals surface area contributed by atoms with Crippen LogP contribution in [-0.2, 0) is 14.6 Å². The van der Waals surface area contributed by atoms with Gasteiger partial charge in [-0.15, -0.1) is 0 Å². The number of ether oxygens (including phenoxy) is 1. The number of hydrogen-bond donors (Lipinski definition) is 1. The lowest BCUT2D eigenvalue weighted by Crippen LogP contribution is -2.39. The maximum Gasteiger partial charge on any atom is 0.151 e. The van der Waals surface area contributed by atoms with Crippen LogP contribution in [0.4, 0.5) is 0 Å². The molecule has 1 unspecified atom stereocenters. The van der Waals surface area contributed by atoms with Crippen molar-refractivity contribution < 1.29 is 13.2 Å². The van der Waals surface area contributed by atoms with E-state index in [4.69, 9.17) is 10.5 Å². The van der Waals surface area contributed by atoms with Crippen LogP contribution in [0.5, 0.6) is 0 Å². The van der Waals surface area contributed by atoms with Gasteiger partial charge in [0, 0.05) is 26.2 Å². The predicted molar refractivity (Wildman–Crippen MR) is 64.2 cm³/mol. The predicted octanol–water partition coefficient (Wildman–Crippen LogP) is -0.529. The molecule has 0 aromatic rings. The molecule has 0 aliphatic carbocycles. The standard InChI is InChI=1S/C10H22N2O3S/c1-2-15-10(8-11)9-12-4-3-6-16(13,14)7-5-12/h10H,2-9,11H2,1H3. The van der Waals surface area contributed by atoms with Gasteiger partial charge in [0.2, 0.25) is 0 Å². The average Bonchev–Trinajstić information content (AvgIpc) is 2.40. The second-order valence-corrected chi connectivity index (χ2v) is 6.42. The molecule has 96 valence electrons. The second-order valence-electron chi connectivity index (χ2n) is 4.12. The molecular formula is C10H22N2O3S. The molecular weight excluding hydrogens is 228 g/mol. The summed E-state index contributed by atoms with van der Waals surface area (Å²) < 4.78 is 28.3. The van der Waals surface area contributed by atoms with E-state index < -0.39 is 9.84 Å². The fourth-order valence-electron chi connectivity index (χ4n) is 1.89. The van der Waals surface area contributed by atoms with Crippen molar-refractivity contribution >= 4 is 9.84 Å². The molecule has 0 saturated carbocycles. The Labute approximate surface area is 97.9 Å². The summed E-state index contributed by atoms with van der Waals surface area (Å²) in [5.74, 6) is 0.571. The Bertz CT molecular complexity index is 292. The van der Waals surface area contributed by atoms with Crippen LogP contribution in [0.15, 0.2) is 0 Å². The van der Waals surface area contributed by atoms with E-state index in [-0.39, 0.29) is 11.9 Å². The van der Waals surface area contributed by atoms with Crippen LogP contribution in [0, 0.1) is 0 Å². The molecule has 0 bridgehead atoms. The lowest BCUT2D eigenvalue weighted by Gasteiger charge is -2.24. The zero-order chi connectivity index (χ0) is 12.0. The topological polar surface area (TPSA) is 72.6 Å². The Kier molecular flexibility index (Phi) is 5.68. The molecule has 1 saturated heterocycles. The van der Waals surface area contributed by atoms with E-state index in [1.807, 2.05) is 6.92 Å². The van der Waals surface area contributed by atoms with E-state index in [1.165, 1.54) is 0 Å². The van der Waals surface area contributed by atoms with E-state index in [0.717, 1.165) is 13.1 Å². The van der Waals surface area contributed by atoms with E-state index in [0.29, 0.717) is 31.9 Å². The second kappa shape index (κ2) is 6.54. The lowest BCUT2D eigenvalue weighted by molar-refractivity contribution is 0.0410. The Morgan fingerprint density at radius 1 is 1.38 bits per heavy atom. The Hall–Kier alpha value is -0.170. The van der Waals surface area contributed by atoms with Crippen LogP contribution in [0.1, 0.15) is 13.3 Å². The van der Waals surface area contributed by atoms with Crippen molar-refractivity contribution in [1.29, 1.82) is 0 Å². The van der Waals surface area contributed by atoms with Crippen molar-refractivity contribution in [1.82, 2.24) is 4.90 Å². The highest BCUT2D eigenvalue weighted by Crippen LogP contribution is 2.06. The minimum absolute atomic E-state index is 0.0193. The first kappa shape index (κ1) is 13.9. The van der Waals surface area contributed by atoms with Gasteiger partial charge in [-0.05, 0) is 19.9 Å². The molecule has 5 nitrogen and oxygen atoms in total. The normalized spacial score (nSPS) is 23.9. The van der Waals surface area contributed by atoms with Gasteiger partial charge in [-0.25, -0.2) is 8.42 Å². The first-order chi connectivity index (χ1) is 7.57. The zero-order valence-corrected chi connectivity index (χ0v) is 10.7. The summed E-state index contributed by atoms with van der Waals surface area (Å²) >= 11 is 0. The molecule has 6 heteroatoms. The summed E-state index contributed by atoms with van der Waals surface area (Å²) in [5.41, 5.74) is 5.60. The Morgan fingerprint density at radius 3 is 2.75 bits per heavy atom.